The summed E-state index contributed by atoms with van der Waals surface area (Å²) in [7, 11) is 1.30. The SMILES string of the molecule is COC(=O)c1ccc(NC(=O)COc2ccc(C#N)cc2Cl)cc1. The van der Waals surface area contributed by atoms with Crippen LogP contribution in [-0.2, 0) is 9.53 Å². The van der Waals surface area contributed by atoms with E-state index in [0.717, 1.165) is 0 Å². The predicted molar refractivity (Wildman–Crippen MR) is 88.1 cm³/mol. The minimum Gasteiger partial charge on any atom is -0.482 e. The summed E-state index contributed by atoms with van der Waals surface area (Å²) in [4.78, 5) is 23.2. The lowest BCUT2D eigenvalue weighted by molar-refractivity contribution is -0.118. The van der Waals surface area contributed by atoms with Crippen molar-refractivity contribution in [3.8, 4) is 11.8 Å². The smallest absolute Gasteiger partial charge is 0.337 e. The molecule has 0 spiro atoms. The van der Waals surface area contributed by atoms with Gasteiger partial charge in [-0.05, 0) is 42.5 Å². The van der Waals surface area contributed by atoms with Crippen LogP contribution in [0.1, 0.15) is 15.9 Å². The zero-order chi connectivity index (χ0) is 17.5. The van der Waals surface area contributed by atoms with E-state index in [9.17, 15) is 9.59 Å². The van der Waals surface area contributed by atoms with E-state index in [0.29, 0.717) is 22.6 Å². The Labute approximate surface area is 143 Å². The van der Waals surface area contributed by atoms with Crippen LogP contribution in [0.25, 0.3) is 0 Å². The Balaban J connectivity index is 1.92. The van der Waals surface area contributed by atoms with Gasteiger partial charge in [-0.3, -0.25) is 4.79 Å². The quantitative estimate of drug-likeness (QED) is 0.842. The summed E-state index contributed by atoms with van der Waals surface area (Å²) in [6, 6.07) is 12.7. The van der Waals surface area contributed by atoms with E-state index in [1.807, 2.05) is 6.07 Å². The van der Waals surface area contributed by atoms with Crippen LogP contribution in [0.3, 0.4) is 0 Å². The first-order valence-corrected chi connectivity index (χ1v) is 7.22. The third kappa shape index (κ3) is 4.48. The van der Waals surface area contributed by atoms with Crippen LogP contribution in [0.4, 0.5) is 5.69 Å². The number of rotatable bonds is 5. The molecule has 0 aliphatic heterocycles. The van der Waals surface area contributed by atoms with Crippen molar-refractivity contribution >= 4 is 29.2 Å². The van der Waals surface area contributed by atoms with E-state index in [1.54, 1.807) is 30.3 Å². The molecule has 1 amide bonds. The van der Waals surface area contributed by atoms with Gasteiger partial charge in [-0.2, -0.15) is 5.26 Å². The van der Waals surface area contributed by atoms with Gasteiger partial charge in [-0.25, -0.2) is 4.79 Å². The summed E-state index contributed by atoms with van der Waals surface area (Å²) in [5.74, 6) is -0.528. The molecule has 122 valence electrons. The number of nitrogens with one attached hydrogen (secondary N) is 1. The lowest BCUT2D eigenvalue weighted by Gasteiger charge is -2.09. The van der Waals surface area contributed by atoms with Crippen LogP contribution >= 0.6 is 11.6 Å². The molecular weight excluding hydrogens is 332 g/mol. The van der Waals surface area contributed by atoms with Crippen molar-refractivity contribution in [1.82, 2.24) is 0 Å². The van der Waals surface area contributed by atoms with Gasteiger partial charge >= 0.3 is 5.97 Å². The number of esters is 1. The van der Waals surface area contributed by atoms with E-state index in [4.69, 9.17) is 21.6 Å². The van der Waals surface area contributed by atoms with Gasteiger partial charge in [0.1, 0.15) is 5.75 Å². The molecule has 0 aromatic heterocycles. The maximum Gasteiger partial charge on any atom is 0.337 e. The second kappa shape index (κ2) is 7.99. The molecule has 2 aromatic carbocycles. The van der Waals surface area contributed by atoms with Crippen molar-refractivity contribution in [2.45, 2.75) is 0 Å². The molecule has 0 atom stereocenters. The molecule has 0 radical (unpaired) electrons. The zero-order valence-corrected chi connectivity index (χ0v) is 13.5. The number of methoxy groups -OCH3 is 1. The fraction of sp³-hybridized carbons (Fsp3) is 0.118. The highest BCUT2D eigenvalue weighted by atomic mass is 35.5. The first-order chi connectivity index (χ1) is 11.5. The van der Waals surface area contributed by atoms with Crippen LogP contribution in [0.2, 0.25) is 5.02 Å². The molecule has 0 aliphatic rings. The van der Waals surface area contributed by atoms with E-state index in [1.165, 1.54) is 19.2 Å². The van der Waals surface area contributed by atoms with Crippen molar-refractivity contribution < 1.29 is 19.1 Å². The minimum atomic E-state index is -0.452. The molecule has 24 heavy (non-hydrogen) atoms. The lowest BCUT2D eigenvalue weighted by Crippen LogP contribution is -2.20. The Kier molecular flexibility index (Phi) is 5.77. The van der Waals surface area contributed by atoms with E-state index in [-0.39, 0.29) is 17.5 Å². The lowest BCUT2D eigenvalue weighted by atomic mass is 10.2. The van der Waals surface area contributed by atoms with E-state index < -0.39 is 5.97 Å². The van der Waals surface area contributed by atoms with Gasteiger partial charge in [-0.1, -0.05) is 11.6 Å². The van der Waals surface area contributed by atoms with E-state index in [2.05, 4.69) is 10.1 Å². The average molecular weight is 345 g/mol. The van der Waals surface area contributed by atoms with Crippen molar-refractivity contribution in [2.24, 2.45) is 0 Å². The molecule has 2 aromatic rings. The zero-order valence-electron chi connectivity index (χ0n) is 12.7. The Morgan fingerprint density at radius 1 is 1.21 bits per heavy atom. The van der Waals surface area contributed by atoms with Crippen LogP contribution in [-0.4, -0.2) is 25.6 Å². The summed E-state index contributed by atoms with van der Waals surface area (Å²) in [6.45, 7) is -0.246. The topological polar surface area (TPSA) is 88.4 Å². The van der Waals surface area contributed by atoms with Crippen molar-refractivity contribution in [2.75, 3.05) is 19.0 Å². The number of amides is 1. The highest BCUT2D eigenvalue weighted by Gasteiger charge is 2.09. The molecule has 0 aliphatic carbocycles. The van der Waals surface area contributed by atoms with Crippen LogP contribution in [0, 0.1) is 11.3 Å². The molecule has 0 bridgehead atoms. The highest BCUT2D eigenvalue weighted by Crippen LogP contribution is 2.25. The summed E-state index contributed by atoms with van der Waals surface area (Å²) in [5, 5.41) is 11.6. The fourth-order valence-electron chi connectivity index (χ4n) is 1.84. The molecule has 0 saturated carbocycles. The molecule has 7 heteroatoms. The second-order valence-electron chi connectivity index (χ2n) is 4.66. The summed E-state index contributed by atoms with van der Waals surface area (Å²) >= 11 is 5.96. The first-order valence-electron chi connectivity index (χ1n) is 6.84. The largest absolute Gasteiger partial charge is 0.482 e. The monoisotopic (exact) mass is 344 g/mol. The number of anilines is 1. The standard InChI is InChI=1S/C17H13ClN2O4/c1-23-17(22)12-3-5-13(6-4-12)20-16(21)10-24-15-7-2-11(9-19)8-14(15)18/h2-8H,10H2,1H3,(H,20,21). The second-order valence-corrected chi connectivity index (χ2v) is 5.07. The summed E-state index contributed by atoms with van der Waals surface area (Å²) < 4.78 is 9.92. The average Bonchev–Trinajstić information content (AvgIpc) is 2.60. The van der Waals surface area contributed by atoms with Crippen LogP contribution in [0.5, 0.6) is 5.75 Å². The van der Waals surface area contributed by atoms with Crippen molar-refractivity contribution in [3.05, 3.63) is 58.6 Å². The molecule has 0 unspecified atom stereocenters. The molecule has 2 rings (SSSR count). The minimum absolute atomic E-state index is 0.246. The highest BCUT2D eigenvalue weighted by molar-refractivity contribution is 6.32. The Bertz CT molecular complexity index is 797. The number of ether oxygens (including phenoxy) is 2. The number of carbonyl (C=O) groups excluding carboxylic acids is 2. The molecular formula is C17H13ClN2O4. The number of carbonyl (C=O) groups is 2. The van der Waals surface area contributed by atoms with Crippen molar-refractivity contribution in [3.63, 3.8) is 0 Å². The number of hydrogen-bond donors (Lipinski definition) is 1. The van der Waals surface area contributed by atoms with Gasteiger partial charge < -0.3 is 14.8 Å². The number of nitriles is 1. The Morgan fingerprint density at radius 3 is 2.50 bits per heavy atom. The first kappa shape index (κ1) is 17.3. The number of benzene rings is 2. The van der Waals surface area contributed by atoms with Gasteiger partial charge in [0.25, 0.3) is 5.91 Å². The third-order valence-electron chi connectivity index (χ3n) is 3.01. The molecule has 0 saturated heterocycles. The normalized spacial score (nSPS) is 9.71. The molecule has 0 fully saturated rings. The van der Waals surface area contributed by atoms with Gasteiger partial charge in [0.2, 0.25) is 0 Å². The number of halogens is 1. The number of hydrogen-bond acceptors (Lipinski definition) is 5. The maximum atomic E-state index is 11.9. The van der Waals surface area contributed by atoms with Gasteiger partial charge in [0, 0.05) is 5.69 Å². The van der Waals surface area contributed by atoms with Crippen LogP contribution in [0.15, 0.2) is 42.5 Å². The van der Waals surface area contributed by atoms with Gasteiger partial charge in [0.05, 0.1) is 29.3 Å². The van der Waals surface area contributed by atoms with Crippen molar-refractivity contribution in [1.29, 1.82) is 5.26 Å². The Hall–Kier alpha value is -3.04. The molecule has 6 nitrogen and oxygen atoms in total. The fourth-order valence-corrected chi connectivity index (χ4v) is 2.07. The Morgan fingerprint density at radius 2 is 1.92 bits per heavy atom. The maximum absolute atomic E-state index is 11.9. The van der Waals surface area contributed by atoms with Gasteiger partial charge in [0.15, 0.2) is 6.61 Å². The van der Waals surface area contributed by atoms with Crippen LogP contribution < -0.4 is 10.1 Å². The number of nitrogens with zero attached hydrogens (tertiary/aromatic N) is 1. The third-order valence-corrected chi connectivity index (χ3v) is 3.30. The summed E-state index contributed by atoms with van der Waals surface area (Å²) in [6.07, 6.45) is 0. The summed E-state index contributed by atoms with van der Waals surface area (Å²) in [5.41, 5.74) is 1.31. The van der Waals surface area contributed by atoms with Gasteiger partial charge in [-0.15, -0.1) is 0 Å². The molecule has 1 N–H and O–H groups in total. The molecule has 0 heterocycles. The predicted octanol–water partition coefficient (Wildman–Crippen LogP) is 3.02. The van der Waals surface area contributed by atoms with E-state index >= 15 is 0 Å².